The zero-order valence-corrected chi connectivity index (χ0v) is 9.82. The quantitative estimate of drug-likeness (QED) is 0.394. The van der Waals surface area contributed by atoms with Gasteiger partial charge in [-0.05, 0) is 0 Å². The van der Waals surface area contributed by atoms with Gasteiger partial charge in [0.1, 0.15) is 0 Å². The van der Waals surface area contributed by atoms with Gasteiger partial charge in [-0.1, -0.05) is 46.0 Å². The standard InChI is InChI=1S/C9H19.Na/c1-4-6-8-9(3)7-5-2;/h9H,3-8H2,1-2H3;/q-1;+1. The Morgan fingerprint density at radius 1 is 1.10 bits per heavy atom. The summed E-state index contributed by atoms with van der Waals surface area (Å²) in [4.78, 5) is 0. The minimum atomic E-state index is 0. The molecule has 0 amide bonds. The molecule has 0 saturated heterocycles. The molecule has 0 N–H and O–H groups in total. The molecule has 1 unspecified atom stereocenters. The SMILES string of the molecule is [CH2-]C(CCC)CCCC.[Na+]. The van der Waals surface area contributed by atoms with Gasteiger partial charge in [0.05, 0.1) is 0 Å². The fourth-order valence-corrected chi connectivity index (χ4v) is 1.05. The Morgan fingerprint density at radius 3 is 2.10 bits per heavy atom. The fraction of sp³-hybridized carbons (Fsp3) is 0.889. The number of hydrogen-bond acceptors (Lipinski definition) is 0. The monoisotopic (exact) mass is 150 g/mol. The molecule has 0 aliphatic heterocycles. The van der Waals surface area contributed by atoms with E-state index in [2.05, 4.69) is 20.8 Å². The smallest absolute Gasteiger partial charge is 0.340 e. The minimum absolute atomic E-state index is 0. The molecule has 0 rings (SSSR count). The van der Waals surface area contributed by atoms with E-state index >= 15 is 0 Å². The topological polar surface area (TPSA) is 0 Å². The molecule has 1 atom stereocenters. The van der Waals surface area contributed by atoms with Crippen molar-refractivity contribution in [3.05, 3.63) is 6.92 Å². The van der Waals surface area contributed by atoms with E-state index < -0.39 is 0 Å². The molecule has 1 heteroatoms. The van der Waals surface area contributed by atoms with Crippen molar-refractivity contribution in [3.8, 4) is 0 Å². The van der Waals surface area contributed by atoms with Crippen molar-refractivity contribution in [3.63, 3.8) is 0 Å². The van der Waals surface area contributed by atoms with Crippen LogP contribution >= 0.6 is 0 Å². The minimum Gasteiger partial charge on any atom is -0.340 e. The van der Waals surface area contributed by atoms with Crippen molar-refractivity contribution in [2.24, 2.45) is 5.92 Å². The Balaban J connectivity index is 0. The first-order valence-corrected chi connectivity index (χ1v) is 4.14. The third-order valence-corrected chi connectivity index (χ3v) is 1.66. The van der Waals surface area contributed by atoms with Crippen LogP contribution in [0.3, 0.4) is 0 Å². The van der Waals surface area contributed by atoms with E-state index in [-0.39, 0.29) is 29.6 Å². The van der Waals surface area contributed by atoms with Crippen LogP contribution in [-0.2, 0) is 0 Å². The Hall–Kier alpha value is 1.00. The molecule has 0 saturated carbocycles. The summed E-state index contributed by atoms with van der Waals surface area (Å²) in [6, 6.07) is 0. The van der Waals surface area contributed by atoms with Gasteiger partial charge in [-0.3, -0.25) is 0 Å². The maximum atomic E-state index is 4.07. The zero-order chi connectivity index (χ0) is 7.11. The summed E-state index contributed by atoms with van der Waals surface area (Å²) in [7, 11) is 0. The summed E-state index contributed by atoms with van der Waals surface area (Å²) in [6.07, 6.45) is 6.59. The number of unbranched alkanes of at least 4 members (excludes halogenated alkanes) is 1. The largest absolute Gasteiger partial charge is 1.00 e. The molecule has 0 aromatic rings. The van der Waals surface area contributed by atoms with Crippen molar-refractivity contribution < 1.29 is 29.6 Å². The zero-order valence-electron chi connectivity index (χ0n) is 7.82. The van der Waals surface area contributed by atoms with Crippen molar-refractivity contribution in [2.45, 2.75) is 46.0 Å². The van der Waals surface area contributed by atoms with Crippen LogP contribution in [0.5, 0.6) is 0 Å². The Kier molecular flexibility index (Phi) is 13.6. The van der Waals surface area contributed by atoms with Gasteiger partial charge in [0.2, 0.25) is 0 Å². The second kappa shape index (κ2) is 10.0. The summed E-state index contributed by atoms with van der Waals surface area (Å²) in [5.41, 5.74) is 0. The normalized spacial score (nSPS) is 12.3. The van der Waals surface area contributed by atoms with Gasteiger partial charge in [-0.25, -0.2) is 0 Å². The Labute approximate surface area is 88.1 Å². The van der Waals surface area contributed by atoms with E-state index in [0.717, 1.165) is 5.92 Å². The predicted octanol–water partition coefficient (Wildman–Crippen LogP) is 0.431. The molecule has 10 heavy (non-hydrogen) atoms. The van der Waals surface area contributed by atoms with Gasteiger partial charge in [0.25, 0.3) is 0 Å². The van der Waals surface area contributed by atoms with Gasteiger partial charge in [-0.15, -0.1) is 0 Å². The van der Waals surface area contributed by atoms with E-state index in [1.165, 1.54) is 32.1 Å². The molecule has 56 valence electrons. The summed E-state index contributed by atoms with van der Waals surface area (Å²) >= 11 is 0. The fourth-order valence-electron chi connectivity index (χ4n) is 1.05. The Morgan fingerprint density at radius 2 is 1.70 bits per heavy atom. The first-order valence-electron chi connectivity index (χ1n) is 4.14. The molecule has 0 aromatic heterocycles. The molecular weight excluding hydrogens is 131 g/mol. The van der Waals surface area contributed by atoms with Crippen LogP contribution in [0.1, 0.15) is 46.0 Å². The Bertz CT molecular complexity index is 52.7. The molecule has 0 fully saturated rings. The van der Waals surface area contributed by atoms with Crippen LogP contribution in [-0.4, -0.2) is 0 Å². The van der Waals surface area contributed by atoms with Crippen LogP contribution in [0.25, 0.3) is 0 Å². The van der Waals surface area contributed by atoms with Crippen molar-refractivity contribution in [2.75, 3.05) is 0 Å². The molecule has 0 aliphatic rings. The molecule has 0 spiro atoms. The maximum Gasteiger partial charge on any atom is 1.00 e. The average Bonchev–Trinajstić information content (AvgIpc) is 1.85. The van der Waals surface area contributed by atoms with E-state index in [0.29, 0.717) is 0 Å². The van der Waals surface area contributed by atoms with E-state index in [9.17, 15) is 0 Å². The third-order valence-electron chi connectivity index (χ3n) is 1.66. The van der Waals surface area contributed by atoms with Crippen molar-refractivity contribution >= 4 is 0 Å². The molecule has 0 nitrogen and oxygen atoms in total. The molecule has 0 radical (unpaired) electrons. The summed E-state index contributed by atoms with van der Waals surface area (Å²) in [5, 5.41) is 0. The summed E-state index contributed by atoms with van der Waals surface area (Å²) < 4.78 is 0. The van der Waals surface area contributed by atoms with Crippen LogP contribution in [0.4, 0.5) is 0 Å². The average molecular weight is 150 g/mol. The van der Waals surface area contributed by atoms with Crippen molar-refractivity contribution in [1.82, 2.24) is 0 Å². The maximum absolute atomic E-state index is 4.07. The second-order valence-electron chi connectivity index (χ2n) is 2.80. The van der Waals surface area contributed by atoms with Crippen LogP contribution < -0.4 is 29.6 Å². The molecule has 0 bridgehead atoms. The summed E-state index contributed by atoms with van der Waals surface area (Å²) in [5.74, 6) is 0.718. The van der Waals surface area contributed by atoms with Gasteiger partial charge in [0.15, 0.2) is 0 Å². The van der Waals surface area contributed by atoms with Gasteiger partial charge in [0, 0.05) is 0 Å². The first kappa shape index (κ1) is 13.6. The first-order chi connectivity index (χ1) is 4.31. The van der Waals surface area contributed by atoms with Crippen molar-refractivity contribution in [1.29, 1.82) is 0 Å². The van der Waals surface area contributed by atoms with E-state index in [1.54, 1.807) is 0 Å². The third kappa shape index (κ3) is 9.00. The second-order valence-corrected chi connectivity index (χ2v) is 2.80. The molecular formula is C9H19Na. The van der Waals surface area contributed by atoms with E-state index in [4.69, 9.17) is 0 Å². The molecule has 0 aromatic carbocycles. The van der Waals surface area contributed by atoms with Gasteiger partial charge < -0.3 is 6.92 Å². The van der Waals surface area contributed by atoms with Crippen LogP contribution in [0.2, 0.25) is 0 Å². The van der Waals surface area contributed by atoms with Crippen LogP contribution in [0, 0.1) is 12.8 Å². The summed E-state index contributed by atoms with van der Waals surface area (Å²) in [6.45, 7) is 8.53. The number of hydrogen-bond donors (Lipinski definition) is 0. The number of rotatable bonds is 5. The van der Waals surface area contributed by atoms with Gasteiger partial charge in [-0.2, -0.15) is 5.92 Å². The van der Waals surface area contributed by atoms with E-state index in [1.807, 2.05) is 0 Å². The molecule has 0 aliphatic carbocycles. The van der Waals surface area contributed by atoms with Crippen LogP contribution in [0.15, 0.2) is 0 Å². The predicted molar refractivity (Wildman–Crippen MR) is 43.3 cm³/mol. The molecule has 0 heterocycles. The van der Waals surface area contributed by atoms with Gasteiger partial charge >= 0.3 is 29.6 Å².